The smallest absolute Gasteiger partial charge is 0.242 e. The third kappa shape index (κ3) is 2.01. The van der Waals surface area contributed by atoms with Crippen LogP contribution in [0.3, 0.4) is 0 Å². The fourth-order valence-corrected chi connectivity index (χ4v) is 1.75. The molecule has 0 aromatic carbocycles. The van der Waals surface area contributed by atoms with E-state index in [4.69, 9.17) is 5.73 Å². The second-order valence-electron chi connectivity index (χ2n) is 4.62. The molecule has 18 heavy (non-hydrogen) atoms. The SMILES string of the molecule is CCC(C)(Nc1cc(C)cc2ncnn12)C(N)=O. The molecule has 0 fully saturated rings. The third-order valence-corrected chi connectivity index (χ3v) is 3.18. The van der Waals surface area contributed by atoms with Gasteiger partial charge in [0.05, 0.1) is 0 Å². The molecule has 0 radical (unpaired) electrons. The number of rotatable bonds is 4. The molecular weight excluding hydrogens is 230 g/mol. The zero-order chi connectivity index (χ0) is 13.3. The summed E-state index contributed by atoms with van der Waals surface area (Å²) in [6.45, 7) is 5.65. The van der Waals surface area contributed by atoms with Gasteiger partial charge in [0.2, 0.25) is 5.91 Å². The van der Waals surface area contributed by atoms with E-state index in [1.807, 2.05) is 26.0 Å². The average molecular weight is 247 g/mol. The summed E-state index contributed by atoms with van der Waals surface area (Å²) in [5.41, 5.74) is 6.42. The first-order chi connectivity index (χ1) is 8.46. The van der Waals surface area contributed by atoms with E-state index < -0.39 is 5.54 Å². The molecule has 1 atom stereocenters. The number of fused-ring (bicyclic) bond motifs is 1. The second kappa shape index (κ2) is 4.29. The van der Waals surface area contributed by atoms with E-state index in [0.717, 1.165) is 11.2 Å². The van der Waals surface area contributed by atoms with Gasteiger partial charge in [0, 0.05) is 0 Å². The summed E-state index contributed by atoms with van der Waals surface area (Å²) in [5.74, 6) is 0.324. The van der Waals surface area contributed by atoms with Crippen LogP contribution >= 0.6 is 0 Å². The summed E-state index contributed by atoms with van der Waals surface area (Å²) in [4.78, 5) is 15.7. The van der Waals surface area contributed by atoms with Gasteiger partial charge in [0.15, 0.2) is 5.65 Å². The Morgan fingerprint density at radius 3 is 2.89 bits per heavy atom. The number of aryl methyl sites for hydroxylation is 1. The molecule has 2 aromatic heterocycles. The van der Waals surface area contributed by atoms with Gasteiger partial charge in [-0.2, -0.15) is 9.61 Å². The topological polar surface area (TPSA) is 85.3 Å². The third-order valence-electron chi connectivity index (χ3n) is 3.18. The molecule has 0 aliphatic rings. The van der Waals surface area contributed by atoms with Crippen LogP contribution in [-0.4, -0.2) is 26.0 Å². The summed E-state index contributed by atoms with van der Waals surface area (Å²) < 4.78 is 1.66. The highest BCUT2D eigenvalue weighted by molar-refractivity contribution is 5.87. The molecule has 2 aromatic rings. The molecule has 6 heteroatoms. The van der Waals surface area contributed by atoms with Crippen LogP contribution in [0.4, 0.5) is 5.82 Å². The van der Waals surface area contributed by atoms with E-state index in [0.29, 0.717) is 12.2 Å². The van der Waals surface area contributed by atoms with Gasteiger partial charge in [-0.3, -0.25) is 4.79 Å². The molecule has 2 heterocycles. The Balaban J connectivity index is 2.48. The number of hydrogen-bond acceptors (Lipinski definition) is 4. The molecule has 1 amide bonds. The summed E-state index contributed by atoms with van der Waals surface area (Å²) in [6.07, 6.45) is 2.07. The second-order valence-corrected chi connectivity index (χ2v) is 4.62. The van der Waals surface area contributed by atoms with Gasteiger partial charge in [-0.15, -0.1) is 0 Å². The predicted molar refractivity (Wildman–Crippen MR) is 69.2 cm³/mol. The van der Waals surface area contributed by atoms with Crippen LogP contribution in [0.1, 0.15) is 25.8 Å². The lowest BCUT2D eigenvalue weighted by atomic mass is 9.98. The number of hydrogen-bond donors (Lipinski definition) is 2. The molecule has 96 valence electrons. The maximum Gasteiger partial charge on any atom is 0.242 e. The first kappa shape index (κ1) is 12.3. The van der Waals surface area contributed by atoms with E-state index in [-0.39, 0.29) is 5.91 Å². The number of nitrogens with one attached hydrogen (secondary N) is 1. The summed E-state index contributed by atoms with van der Waals surface area (Å²) in [7, 11) is 0. The van der Waals surface area contributed by atoms with Crippen molar-refractivity contribution >= 4 is 17.4 Å². The fourth-order valence-electron chi connectivity index (χ4n) is 1.75. The van der Waals surface area contributed by atoms with Gasteiger partial charge in [-0.05, 0) is 38.0 Å². The molecule has 0 bridgehead atoms. The Morgan fingerprint density at radius 1 is 1.56 bits per heavy atom. The molecule has 2 rings (SSSR count). The normalized spacial score (nSPS) is 14.4. The fraction of sp³-hybridized carbons (Fsp3) is 0.417. The monoisotopic (exact) mass is 247 g/mol. The Morgan fingerprint density at radius 2 is 2.28 bits per heavy atom. The minimum absolute atomic E-state index is 0.389. The number of amides is 1. The number of carbonyl (C=O) groups excluding carboxylic acids is 1. The van der Waals surface area contributed by atoms with Crippen molar-refractivity contribution in [2.75, 3.05) is 5.32 Å². The van der Waals surface area contributed by atoms with Gasteiger partial charge in [-0.1, -0.05) is 6.92 Å². The average Bonchev–Trinajstić information content (AvgIpc) is 2.76. The van der Waals surface area contributed by atoms with Crippen LogP contribution in [0.25, 0.3) is 5.65 Å². The highest BCUT2D eigenvalue weighted by atomic mass is 16.1. The molecule has 3 N–H and O–H groups in total. The predicted octanol–water partition coefficient (Wildman–Crippen LogP) is 1.10. The first-order valence-electron chi connectivity index (χ1n) is 5.85. The standard InChI is InChI=1S/C12H17N5O/c1-4-12(3,11(13)18)16-10-6-8(2)5-9-14-7-15-17(9)10/h5-7,16H,4H2,1-3H3,(H2,13,18). The van der Waals surface area contributed by atoms with Crippen LogP contribution in [0, 0.1) is 6.92 Å². The Labute approximate surface area is 105 Å². The van der Waals surface area contributed by atoms with Crippen LogP contribution in [0.15, 0.2) is 18.5 Å². The Bertz CT molecular complexity index is 591. The first-order valence-corrected chi connectivity index (χ1v) is 5.85. The van der Waals surface area contributed by atoms with Crippen molar-refractivity contribution in [1.29, 1.82) is 0 Å². The van der Waals surface area contributed by atoms with Crippen molar-refractivity contribution in [2.24, 2.45) is 5.73 Å². The van der Waals surface area contributed by atoms with Gasteiger partial charge < -0.3 is 11.1 Å². The zero-order valence-electron chi connectivity index (χ0n) is 10.8. The van der Waals surface area contributed by atoms with Crippen LogP contribution < -0.4 is 11.1 Å². The van der Waals surface area contributed by atoms with Crippen molar-refractivity contribution < 1.29 is 4.79 Å². The highest BCUT2D eigenvalue weighted by Gasteiger charge is 2.29. The largest absolute Gasteiger partial charge is 0.368 e. The summed E-state index contributed by atoms with van der Waals surface area (Å²) in [5, 5.41) is 7.29. The molecular formula is C12H17N5O. The number of nitrogens with two attached hydrogens (primary N) is 1. The van der Waals surface area contributed by atoms with Crippen molar-refractivity contribution in [3.8, 4) is 0 Å². The minimum atomic E-state index is -0.799. The van der Waals surface area contributed by atoms with Gasteiger partial charge in [0.25, 0.3) is 0 Å². The molecule has 0 saturated carbocycles. The molecule has 6 nitrogen and oxygen atoms in total. The van der Waals surface area contributed by atoms with Crippen molar-refractivity contribution in [2.45, 2.75) is 32.7 Å². The van der Waals surface area contributed by atoms with Crippen LogP contribution in [0.2, 0.25) is 0 Å². The summed E-state index contributed by atoms with van der Waals surface area (Å²) >= 11 is 0. The molecule has 1 unspecified atom stereocenters. The van der Waals surface area contributed by atoms with Gasteiger partial charge in [0.1, 0.15) is 17.7 Å². The minimum Gasteiger partial charge on any atom is -0.368 e. The molecule has 0 spiro atoms. The lowest BCUT2D eigenvalue weighted by molar-refractivity contribution is -0.121. The van der Waals surface area contributed by atoms with E-state index in [1.165, 1.54) is 6.33 Å². The number of carbonyl (C=O) groups is 1. The number of pyridine rings is 1. The van der Waals surface area contributed by atoms with E-state index >= 15 is 0 Å². The molecule has 0 aliphatic carbocycles. The lowest BCUT2D eigenvalue weighted by Crippen LogP contribution is -2.47. The van der Waals surface area contributed by atoms with E-state index in [2.05, 4.69) is 15.4 Å². The number of anilines is 1. The van der Waals surface area contributed by atoms with Crippen molar-refractivity contribution in [3.63, 3.8) is 0 Å². The van der Waals surface area contributed by atoms with Gasteiger partial charge >= 0.3 is 0 Å². The van der Waals surface area contributed by atoms with Crippen molar-refractivity contribution in [1.82, 2.24) is 14.6 Å². The lowest BCUT2D eigenvalue weighted by Gasteiger charge is -2.27. The van der Waals surface area contributed by atoms with Gasteiger partial charge in [-0.25, -0.2) is 4.98 Å². The van der Waals surface area contributed by atoms with E-state index in [9.17, 15) is 4.79 Å². The van der Waals surface area contributed by atoms with Crippen LogP contribution in [-0.2, 0) is 4.79 Å². The quantitative estimate of drug-likeness (QED) is 0.847. The molecule has 0 saturated heterocycles. The Kier molecular flexibility index (Phi) is 2.94. The van der Waals surface area contributed by atoms with Crippen molar-refractivity contribution in [3.05, 3.63) is 24.0 Å². The maximum atomic E-state index is 11.5. The Hall–Kier alpha value is -2.11. The zero-order valence-corrected chi connectivity index (χ0v) is 10.8. The van der Waals surface area contributed by atoms with E-state index in [1.54, 1.807) is 11.4 Å². The van der Waals surface area contributed by atoms with Crippen LogP contribution in [0.5, 0.6) is 0 Å². The molecule has 0 aliphatic heterocycles. The highest BCUT2D eigenvalue weighted by Crippen LogP contribution is 2.20. The summed E-state index contributed by atoms with van der Waals surface area (Å²) in [6, 6.07) is 3.84. The number of primary amides is 1. The number of aromatic nitrogens is 3. The number of nitrogens with zero attached hydrogens (tertiary/aromatic N) is 3. The maximum absolute atomic E-state index is 11.5.